The van der Waals surface area contributed by atoms with Gasteiger partial charge in [0.1, 0.15) is 12.4 Å². The molecule has 6 heteroatoms. The van der Waals surface area contributed by atoms with Gasteiger partial charge >= 0.3 is 6.09 Å². The lowest BCUT2D eigenvalue weighted by Gasteiger charge is -2.32. The fraction of sp³-hybridized carbons (Fsp3) is 0.600. The SMILES string of the molecule is COc1ccc(CCC2CCN(C(=O)CCN3CCOC3=O)CC2)cc1. The van der Waals surface area contributed by atoms with Crippen molar-refractivity contribution in [3.63, 3.8) is 0 Å². The number of benzene rings is 1. The Balaban J connectivity index is 1.35. The maximum atomic E-state index is 12.3. The van der Waals surface area contributed by atoms with E-state index >= 15 is 0 Å². The maximum Gasteiger partial charge on any atom is 0.409 e. The molecule has 0 aliphatic carbocycles. The number of carbonyl (C=O) groups is 2. The molecule has 0 radical (unpaired) electrons. The third-order valence-electron chi connectivity index (χ3n) is 5.41. The number of hydrogen-bond donors (Lipinski definition) is 0. The fourth-order valence-corrected chi connectivity index (χ4v) is 3.65. The molecule has 2 heterocycles. The molecule has 0 unspecified atom stereocenters. The zero-order valence-corrected chi connectivity index (χ0v) is 15.5. The van der Waals surface area contributed by atoms with Crippen molar-refractivity contribution in [2.45, 2.75) is 32.1 Å². The number of piperidine rings is 1. The van der Waals surface area contributed by atoms with Crippen LogP contribution in [0.1, 0.15) is 31.2 Å². The zero-order valence-electron chi connectivity index (χ0n) is 15.5. The molecule has 26 heavy (non-hydrogen) atoms. The topological polar surface area (TPSA) is 59.1 Å². The van der Waals surface area contributed by atoms with E-state index in [9.17, 15) is 9.59 Å². The summed E-state index contributed by atoms with van der Waals surface area (Å²) in [6.07, 6.45) is 4.45. The van der Waals surface area contributed by atoms with Crippen LogP contribution in [0.3, 0.4) is 0 Å². The van der Waals surface area contributed by atoms with E-state index < -0.39 is 0 Å². The molecule has 0 atom stereocenters. The molecule has 0 aromatic heterocycles. The Morgan fingerprint density at radius 2 is 1.92 bits per heavy atom. The van der Waals surface area contributed by atoms with Gasteiger partial charge in [0.15, 0.2) is 0 Å². The van der Waals surface area contributed by atoms with Crippen LogP contribution in [0, 0.1) is 5.92 Å². The zero-order chi connectivity index (χ0) is 18.4. The number of methoxy groups -OCH3 is 1. The molecule has 2 aliphatic heterocycles. The van der Waals surface area contributed by atoms with Gasteiger partial charge in [-0.15, -0.1) is 0 Å². The summed E-state index contributed by atoms with van der Waals surface area (Å²) in [7, 11) is 1.68. The first-order valence-corrected chi connectivity index (χ1v) is 9.48. The molecule has 6 nitrogen and oxygen atoms in total. The van der Waals surface area contributed by atoms with Crippen molar-refractivity contribution in [2.24, 2.45) is 5.92 Å². The lowest BCUT2D eigenvalue weighted by molar-refractivity contribution is -0.132. The molecule has 2 aliphatic rings. The second-order valence-corrected chi connectivity index (χ2v) is 7.06. The number of carbonyl (C=O) groups excluding carboxylic acids is 2. The van der Waals surface area contributed by atoms with Crippen molar-refractivity contribution in [3.05, 3.63) is 29.8 Å². The molecule has 0 N–H and O–H groups in total. The van der Waals surface area contributed by atoms with Gasteiger partial charge in [-0.25, -0.2) is 4.79 Å². The van der Waals surface area contributed by atoms with E-state index in [-0.39, 0.29) is 12.0 Å². The number of aryl methyl sites for hydroxylation is 1. The minimum Gasteiger partial charge on any atom is -0.497 e. The average molecular weight is 360 g/mol. The van der Waals surface area contributed by atoms with Gasteiger partial charge < -0.3 is 19.3 Å². The first-order chi connectivity index (χ1) is 12.7. The van der Waals surface area contributed by atoms with Crippen LogP contribution >= 0.6 is 0 Å². The number of ether oxygens (including phenoxy) is 2. The Labute approximate surface area is 155 Å². The quantitative estimate of drug-likeness (QED) is 0.750. The van der Waals surface area contributed by atoms with Crippen LogP contribution in [-0.4, -0.2) is 61.7 Å². The first kappa shape index (κ1) is 18.5. The van der Waals surface area contributed by atoms with Gasteiger partial charge in [0.2, 0.25) is 5.91 Å². The third-order valence-corrected chi connectivity index (χ3v) is 5.41. The van der Waals surface area contributed by atoms with Crippen molar-refractivity contribution < 1.29 is 19.1 Å². The predicted molar refractivity (Wildman–Crippen MR) is 98.2 cm³/mol. The predicted octanol–water partition coefficient (Wildman–Crippen LogP) is 2.71. The van der Waals surface area contributed by atoms with Crippen LogP contribution in [0.5, 0.6) is 5.75 Å². The largest absolute Gasteiger partial charge is 0.497 e. The van der Waals surface area contributed by atoms with E-state index in [4.69, 9.17) is 9.47 Å². The number of hydrogen-bond acceptors (Lipinski definition) is 4. The molecular formula is C20H28N2O4. The van der Waals surface area contributed by atoms with Gasteiger partial charge in [-0.2, -0.15) is 0 Å². The number of likely N-dealkylation sites (tertiary alicyclic amines) is 1. The van der Waals surface area contributed by atoms with Crippen LogP contribution in [-0.2, 0) is 16.0 Å². The van der Waals surface area contributed by atoms with Gasteiger partial charge in [0, 0.05) is 26.1 Å². The van der Waals surface area contributed by atoms with E-state index in [0.29, 0.717) is 32.0 Å². The molecule has 3 rings (SSSR count). The Hall–Kier alpha value is -2.24. The molecule has 0 spiro atoms. The Morgan fingerprint density at radius 3 is 2.54 bits per heavy atom. The Bertz CT molecular complexity index is 609. The summed E-state index contributed by atoms with van der Waals surface area (Å²) < 4.78 is 10.1. The fourth-order valence-electron chi connectivity index (χ4n) is 3.65. The second-order valence-electron chi connectivity index (χ2n) is 7.06. The second kappa shape index (κ2) is 8.92. The summed E-state index contributed by atoms with van der Waals surface area (Å²) >= 11 is 0. The number of cyclic esters (lactones) is 1. The van der Waals surface area contributed by atoms with Crippen molar-refractivity contribution in [3.8, 4) is 5.75 Å². The Kier molecular flexibility index (Phi) is 6.36. The summed E-state index contributed by atoms with van der Waals surface area (Å²) in [5, 5.41) is 0. The maximum absolute atomic E-state index is 12.3. The van der Waals surface area contributed by atoms with Gasteiger partial charge in [0.05, 0.1) is 13.7 Å². The van der Waals surface area contributed by atoms with Gasteiger partial charge in [0.25, 0.3) is 0 Å². The summed E-state index contributed by atoms with van der Waals surface area (Å²) in [5.74, 6) is 1.72. The van der Waals surface area contributed by atoms with Crippen LogP contribution in [0.15, 0.2) is 24.3 Å². The van der Waals surface area contributed by atoms with Crippen LogP contribution in [0.4, 0.5) is 4.79 Å². The summed E-state index contributed by atoms with van der Waals surface area (Å²) in [6, 6.07) is 8.27. The number of amides is 2. The van der Waals surface area contributed by atoms with Crippen molar-refractivity contribution in [2.75, 3.05) is 39.9 Å². The minimum atomic E-state index is -0.296. The highest BCUT2D eigenvalue weighted by molar-refractivity contribution is 5.77. The molecule has 2 fully saturated rings. The molecule has 0 saturated carbocycles. The van der Waals surface area contributed by atoms with E-state index in [1.165, 1.54) is 5.56 Å². The molecule has 1 aromatic carbocycles. The molecule has 2 amide bonds. The first-order valence-electron chi connectivity index (χ1n) is 9.48. The van der Waals surface area contributed by atoms with Gasteiger partial charge in [-0.1, -0.05) is 12.1 Å². The smallest absolute Gasteiger partial charge is 0.409 e. The highest BCUT2D eigenvalue weighted by Crippen LogP contribution is 2.23. The normalized spacial score (nSPS) is 18.1. The standard InChI is InChI=1S/C20H28N2O4/c1-25-18-6-4-16(5-7-18)2-3-17-8-11-21(12-9-17)19(23)10-13-22-14-15-26-20(22)24/h4-7,17H,2-3,8-15H2,1H3. The molecule has 1 aromatic rings. The van der Waals surface area contributed by atoms with E-state index in [0.717, 1.165) is 44.5 Å². The molecule has 0 bridgehead atoms. The van der Waals surface area contributed by atoms with Crippen LogP contribution in [0.25, 0.3) is 0 Å². The monoisotopic (exact) mass is 360 g/mol. The van der Waals surface area contributed by atoms with Crippen LogP contribution < -0.4 is 4.74 Å². The average Bonchev–Trinajstić information content (AvgIpc) is 3.10. The van der Waals surface area contributed by atoms with Crippen molar-refractivity contribution in [1.82, 2.24) is 9.80 Å². The van der Waals surface area contributed by atoms with Gasteiger partial charge in [-0.3, -0.25) is 4.79 Å². The number of nitrogens with zero attached hydrogens (tertiary/aromatic N) is 2. The molecule has 2 saturated heterocycles. The third kappa shape index (κ3) is 4.90. The summed E-state index contributed by atoms with van der Waals surface area (Å²) in [4.78, 5) is 27.3. The highest BCUT2D eigenvalue weighted by Gasteiger charge is 2.25. The summed E-state index contributed by atoms with van der Waals surface area (Å²) in [5.41, 5.74) is 1.34. The Morgan fingerprint density at radius 1 is 1.19 bits per heavy atom. The van der Waals surface area contributed by atoms with Crippen molar-refractivity contribution >= 4 is 12.0 Å². The van der Waals surface area contributed by atoms with E-state index in [1.807, 2.05) is 17.0 Å². The van der Waals surface area contributed by atoms with E-state index in [2.05, 4.69) is 12.1 Å². The van der Waals surface area contributed by atoms with Crippen molar-refractivity contribution in [1.29, 1.82) is 0 Å². The molecule has 142 valence electrons. The number of rotatable bonds is 7. The lowest BCUT2D eigenvalue weighted by Crippen LogP contribution is -2.40. The summed E-state index contributed by atoms with van der Waals surface area (Å²) in [6.45, 7) is 3.16. The van der Waals surface area contributed by atoms with Gasteiger partial charge in [-0.05, 0) is 49.3 Å². The lowest BCUT2D eigenvalue weighted by atomic mass is 9.90. The van der Waals surface area contributed by atoms with E-state index in [1.54, 1.807) is 12.0 Å². The minimum absolute atomic E-state index is 0.151. The molecular weight excluding hydrogens is 332 g/mol. The van der Waals surface area contributed by atoms with Crippen LogP contribution in [0.2, 0.25) is 0 Å². The highest BCUT2D eigenvalue weighted by atomic mass is 16.6.